The van der Waals surface area contributed by atoms with Crippen molar-refractivity contribution in [2.24, 2.45) is 5.92 Å². The third kappa shape index (κ3) is 3.62. The van der Waals surface area contributed by atoms with E-state index in [1.807, 2.05) is 48.5 Å². The number of rotatable bonds is 4. The lowest BCUT2D eigenvalue weighted by molar-refractivity contribution is 0.303. The van der Waals surface area contributed by atoms with Crippen LogP contribution in [-0.4, -0.2) is 9.78 Å². The molecule has 0 unspecified atom stereocenters. The lowest BCUT2D eigenvalue weighted by atomic mass is 9.89. The maximum absolute atomic E-state index is 12.8. The molecule has 1 saturated carbocycles. The SMILES string of the molecule is O=c1cc(-c2ccccc2)c(-c2ccccc2)nn1CC1CCCCC1. The van der Waals surface area contributed by atoms with Crippen LogP contribution in [0.3, 0.4) is 0 Å². The molecule has 1 heterocycles. The molecular formula is C23H24N2O. The monoisotopic (exact) mass is 344 g/mol. The number of aromatic nitrogens is 2. The van der Waals surface area contributed by atoms with Crippen LogP contribution in [0, 0.1) is 5.92 Å². The van der Waals surface area contributed by atoms with E-state index in [-0.39, 0.29) is 5.56 Å². The Morgan fingerprint density at radius 1 is 0.846 bits per heavy atom. The van der Waals surface area contributed by atoms with Gasteiger partial charge in [0.25, 0.3) is 5.56 Å². The first-order valence-electron chi connectivity index (χ1n) is 9.54. The molecule has 0 saturated heterocycles. The molecule has 0 bridgehead atoms. The zero-order chi connectivity index (χ0) is 17.8. The van der Waals surface area contributed by atoms with Crippen molar-refractivity contribution in [3.05, 3.63) is 77.1 Å². The van der Waals surface area contributed by atoms with Crippen LogP contribution in [0.2, 0.25) is 0 Å². The highest BCUT2D eigenvalue weighted by molar-refractivity contribution is 5.80. The Hall–Kier alpha value is -2.68. The van der Waals surface area contributed by atoms with Gasteiger partial charge in [-0.2, -0.15) is 5.10 Å². The first-order valence-corrected chi connectivity index (χ1v) is 9.54. The largest absolute Gasteiger partial charge is 0.268 e. The fourth-order valence-corrected chi connectivity index (χ4v) is 3.88. The van der Waals surface area contributed by atoms with Crippen LogP contribution in [0.4, 0.5) is 0 Å². The highest BCUT2D eigenvalue weighted by Gasteiger charge is 2.17. The Morgan fingerprint density at radius 2 is 1.46 bits per heavy atom. The van der Waals surface area contributed by atoms with Crippen molar-refractivity contribution < 1.29 is 0 Å². The Bertz CT molecular complexity index is 910. The van der Waals surface area contributed by atoms with Gasteiger partial charge in [0.15, 0.2) is 0 Å². The van der Waals surface area contributed by atoms with Crippen molar-refractivity contribution in [1.29, 1.82) is 0 Å². The maximum Gasteiger partial charge on any atom is 0.267 e. The lowest BCUT2D eigenvalue weighted by Gasteiger charge is -2.22. The standard InChI is InChI=1S/C23H24N2O/c26-22-16-21(19-12-6-2-7-13-19)23(20-14-8-3-9-15-20)24-25(22)17-18-10-4-1-5-11-18/h2-3,6-9,12-16,18H,1,4-5,10-11,17H2. The summed E-state index contributed by atoms with van der Waals surface area (Å²) in [5, 5.41) is 4.82. The minimum atomic E-state index is -0.00546. The molecule has 3 aromatic rings. The van der Waals surface area contributed by atoms with Gasteiger partial charge in [-0.1, -0.05) is 79.9 Å². The highest BCUT2D eigenvalue weighted by Crippen LogP contribution is 2.29. The number of benzene rings is 2. The van der Waals surface area contributed by atoms with Crippen molar-refractivity contribution in [3.63, 3.8) is 0 Å². The fraction of sp³-hybridized carbons (Fsp3) is 0.304. The zero-order valence-electron chi connectivity index (χ0n) is 15.0. The van der Waals surface area contributed by atoms with Crippen molar-refractivity contribution >= 4 is 0 Å². The van der Waals surface area contributed by atoms with Crippen LogP contribution in [0.5, 0.6) is 0 Å². The predicted molar refractivity (Wildman–Crippen MR) is 106 cm³/mol. The van der Waals surface area contributed by atoms with Crippen LogP contribution >= 0.6 is 0 Å². The van der Waals surface area contributed by atoms with Crippen LogP contribution in [-0.2, 0) is 6.54 Å². The molecule has 0 N–H and O–H groups in total. The second kappa shape index (κ2) is 7.69. The second-order valence-electron chi connectivity index (χ2n) is 7.16. The molecule has 0 amide bonds. The van der Waals surface area contributed by atoms with E-state index < -0.39 is 0 Å². The normalized spacial score (nSPS) is 15.1. The summed E-state index contributed by atoms with van der Waals surface area (Å²) in [6.45, 7) is 0.730. The topological polar surface area (TPSA) is 34.9 Å². The predicted octanol–water partition coefficient (Wildman–Crippen LogP) is 5.16. The molecule has 3 nitrogen and oxygen atoms in total. The molecule has 0 spiro atoms. The molecule has 1 fully saturated rings. The minimum absolute atomic E-state index is 0.00546. The summed E-state index contributed by atoms with van der Waals surface area (Å²) >= 11 is 0. The van der Waals surface area contributed by atoms with Gasteiger partial charge in [0.1, 0.15) is 0 Å². The van der Waals surface area contributed by atoms with E-state index >= 15 is 0 Å². The Morgan fingerprint density at radius 3 is 2.12 bits per heavy atom. The smallest absolute Gasteiger partial charge is 0.267 e. The van der Waals surface area contributed by atoms with Crippen molar-refractivity contribution in [2.75, 3.05) is 0 Å². The summed E-state index contributed by atoms with van der Waals surface area (Å²) < 4.78 is 1.69. The molecule has 3 heteroatoms. The zero-order valence-corrected chi connectivity index (χ0v) is 15.0. The molecule has 132 valence electrons. The molecule has 1 aromatic heterocycles. The highest BCUT2D eigenvalue weighted by atomic mass is 16.1. The average Bonchev–Trinajstić information content (AvgIpc) is 2.71. The molecule has 26 heavy (non-hydrogen) atoms. The van der Waals surface area contributed by atoms with Gasteiger partial charge in [0.2, 0.25) is 0 Å². The summed E-state index contributed by atoms with van der Waals surface area (Å²) in [5.41, 5.74) is 3.85. The van der Waals surface area contributed by atoms with Gasteiger partial charge in [0, 0.05) is 23.7 Å². The number of hydrogen-bond donors (Lipinski definition) is 0. The van der Waals surface area contributed by atoms with E-state index in [0.29, 0.717) is 5.92 Å². The van der Waals surface area contributed by atoms with Gasteiger partial charge in [-0.05, 0) is 24.3 Å². The van der Waals surface area contributed by atoms with E-state index in [4.69, 9.17) is 5.10 Å². The fourth-order valence-electron chi connectivity index (χ4n) is 3.88. The first-order chi connectivity index (χ1) is 12.8. The van der Waals surface area contributed by atoms with Crippen molar-refractivity contribution in [3.8, 4) is 22.4 Å². The summed E-state index contributed by atoms with van der Waals surface area (Å²) in [5.74, 6) is 0.570. The third-order valence-electron chi connectivity index (χ3n) is 5.29. The number of nitrogens with zero attached hydrogens (tertiary/aromatic N) is 2. The Balaban J connectivity index is 1.79. The van der Waals surface area contributed by atoms with Crippen LogP contribution in [0.15, 0.2) is 71.5 Å². The quantitative estimate of drug-likeness (QED) is 0.655. The second-order valence-corrected chi connectivity index (χ2v) is 7.16. The van der Waals surface area contributed by atoms with Gasteiger partial charge in [-0.25, -0.2) is 4.68 Å². The number of hydrogen-bond acceptors (Lipinski definition) is 2. The molecule has 1 aliphatic carbocycles. The van der Waals surface area contributed by atoms with Crippen molar-refractivity contribution in [1.82, 2.24) is 9.78 Å². The first kappa shape index (κ1) is 16.8. The van der Waals surface area contributed by atoms with E-state index in [1.165, 1.54) is 32.1 Å². The van der Waals surface area contributed by atoms with Crippen LogP contribution in [0.1, 0.15) is 32.1 Å². The molecule has 0 radical (unpaired) electrons. The van der Waals surface area contributed by atoms with E-state index in [0.717, 1.165) is 28.9 Å². The maximum atomic E-state index is 12.8. The summed E-state index contributed by atoms with van der Waals surface area (Å²) in [7, 11) is 0. The third-order valence-corrected chi connectivity index (χ3v) is 5.29. The minimum Gasteiger partial charge on any atom is -0.268 e. The van der Waals surface area contributed by atoms with Gasteiger partial charge in [0.05, 0.1) is 5.69 Å². The summed E-state index contributed by atoms with van der Waals surface area (Å²) in [6, 6.07) is 22.0. The molecule has 2 aromatic carbocycles. The van der Waals surface area contributed by atoms with Gasteiger partial charge < -0.3 is 0 Å². The Labute approximate surface area is 154 Å². The average molecular weight is 344 g/mol. The van der Waals surface area contributed by atoms with Crippen LogP contribution < -0.4 is 5.56 Å². The molecular weight excluding hydrogens is 320 g/mol. The van der Waals surface area contributed by atoms with E-state index in [9.17, 15) is 4.79 Å². The van der Waals surface area contributed by atoms with E-state index in [1.54, 1.807) is 10.7 Å². The van der Waals surface area contributed by atoms with Crippen molar-refractivity contribution in [2.45, 2.75) is 38.6 Å². The summed E-state index contributed by atoms with van der Waals surface area (Å²) in [6.07, 6.45) is 6.27. The van der Waals surface area contributed by atoms with Gasteiger partial charge in [-0.15, -0.1) is 0 Å². The lowest BCUT2D eigenvalue weighted by Crippen LogP contribution is -2.27. The van der Waals surface area contributed by atoms with E-state index in [2.05, 4.69) is 12.1 Å². The summed E-state index contributed by atoms with van der Waals surface area (Å²) in [4.78, 5) is 12.8. The molecule has 4 rings (SSSR count). The van der Waals surface area contributed by atoms with Gasteiger partial charge >= 0.3 is 0 Å². The Kier molecular flexibility index (Phi) is 4.96. The van der Waals surface area contributed by atoms with Crippen LogP contribution in [0.25, 0.3) is 22.4 Å². The van der Waals surface area contributed by atoms with Gasteiger partial charge in [-0.3, -0.25) is 4.79 Å². The molecule has 1 aliphatic rings. The molecule has 0 atom stereocenters. The molecule has 0 aliphatic heterocycles.